The van der Waals surface area contributed by atoms with Gasteiger partial charge in [0.2, 0.25) is 0 Å². The number of amides is 1. The molecule has 1 aromatic carbocycles. The van der Waals surface area contributed by atoms with Crippen LogP contribution in [-0.4, -0.2) is 41.1 Å². The molecule has 0 aliphatic rings. The highest BCUT2D eigenvalue weighted by atomic mass is 79.9. The summed E-state index contributed by atoms with van der Waals surface area (Å²) in [5.74, 6) is -0.922. The number of rotatable bonds is 7. The maximum atomic E-state index is 12.1. The Bertz CT molecular complexity index is 486. The number of nitrogens with zero attached hydrogens (tertiary/aromatic N) is 1. The van der Waals surface area contributed by atoms with Crippen LogP contribution in [0.15, 0.2) is 41.4 Å². The molecule has 0 aliphatic carbocycles. The van der Waals surface area contributed by atoms with Crippen LogP contribution in [0.4, 0.5) is 0 Å². The van der Waals surface area contributed by atoms with Gasteiger partial charge in [0.25, 0.3) is 5.91 Å². The number of hydrogen-bond donors (Lipinski definition) is 1. The van der Waals surface area contributed by atoms with Crippen LogP contribution in [0.5, 0.6) is 5.75 Å². The van der Waals surface area contributed by atoms with Crippen molar-refractivity contribution < 1.29 is 19.4 Å². The van der Waals surface area contributed by atoms with Crippen molar-refractivity contribution in [2.75, 3.05) is 13.1 Å². The number of aliphatic carboxylic acids is 1. The predicted octanol–water partition coefficient (Wildman–Crippen LogP) is 2.32. The highest BCUT2D eigenvalue weighted by Gasteiger charge is 2.23. The average Bonchev–Trinajstić information content (AvgIpc) is 2.39. The first kappa shape index (κ1) is 16.2. The van der Waals surface area contributed by atoms with E-state index in [0.29, 0.717) is 5.75 Å². The molecule has 1 unspecified atom stereocenters. The van der Waals surface area contributed by atoms with E-state index in [0.717, 1.165) is 4.47 Å². The molecule has 1 rings (SSSR count). The first-order valence-corrected chi connectivity index (χ1v) is 6.77. The smallest absolute Gasteiger partial charge is 0.323 e. The molecule has 108 valence electrons. The van der Waals surface area contributed by atoms with Gasteiger partial charge in [-0.25, -0.2) is 0 Å². The van der Waals surface area contributed by atoms with E-state index >= 15 is 0 Å². The van der Waals surface area contributed by atoms with E-state index in [2.05, 4.69) is 22.5 Å². The van der Waals surface area contributed by atoms with Crippen LogP contribution in [-0.2, 0) is 9.59 Å². The van der Waals surface area contributed by atoms with E-state index in [-0.39, 0.29) is 13.1 Å². The molecule has 1 amide bonds. The molecule has 0 spiro atoms. The van der Waals surface area contributed by atoms with Gasteiger partial charge in [0, 0.05) is 11.0 Å². The molecule has 1 aromatic rings. The van der Waals surface area contributed by atoms with Crippen LogP contribution in [0, 0.1) is 0 Å². The summed E-state index contributed by atoms with van der Waals surface area (Å²) in [6.45, 7) is 4.89. The minimum Gasteiger partial charge on any atom is -0.481 e. The average molecular weight is 342 g/mol. The van der Waals surface area contributed by atoms with Gasteiger partial charge in [0.1, 0.15) is 12.3 Å². The molecule has 1 atom stereocenters. The van der Waals surface area contributed by atoms with Crippen LogP contribution < -0.4 is 4.74 Å². The Morgan fingerprint density at radius 2 is 2.05 bits per heavy atom. The fourth-order valence-electron chi connectivity index (χ4n) is 1.58. The molecular formula is C14H16BrNO4. The summed E-state index contributed by atoms with van der Waals surface area (Å²) in [7, 11) is 0. The van der Waals surface area contributed by atoms with E-state index in [1.165, 1.54) is 11.0 Å². The van der Waals surface area contributed by atoms with Gasteiger partial charge in [-0.05, 0) is 31.2 Å². The molecule has 0 fully saturated rings. The summed E-state index contributed by atoms with van der Waals surface area (Å²) in [6.07, 6.45) is 0.711. The number of carbonyl (C=O) groups excluding carboxylic acids is 1. The number of ether oxygens (including phenoxy) is 1. The minimum absolute atomic E-state index is 0.166. The van der Waals surface area contributed by atoms with Gasteiger partial charge < -0.3 is 14.7 Å². The highest BCUT2D eigenvalue weighted by molar-refractivity contribution is 9.10. The van der Waals surface area contributed by atoms with Gasteiger partial charge >= 0.3 is 5.97 Å². The number of carboxylic acid groups (broad SMARTS) is 1. The first-order chi connectivity index (χ1) is 9.43. The summed E-state index contributed by atoms with van der Waals surface area (Å²) in [4.78, 5) is 24.0. The van der Waals surface area contributed by atoms with E-state index in [1.807, 2.05) is 0 Å². The quantitative estimate of drug-likeness (QED) is 0.773. The number of halogens is 1. The van der Waals surface area contributed by atoms with Crippen molar-refractivity contribution in [3.05, 3.63) is 41.4 Å². The zero-order valence-electron chi connectivity index (χ0n) is 11.1. The van der Waals surface area contributed by atoms with Crippen LogP contribution in [0.3, 0.4) is 0 Å². The van der Waals surface area contributed by atoms with Gasteiger partial charge in [-0.1, -0.05) is 22.0 Å². The lowest BCUT2D eigenvalue weighted by atomic mass is 10.3. The van der Waals surface area contributed by atoms with E-state index in [1.54, 1.807) is 31.2 Å². The third-order valence-electron chi connectivity index (χ3n) is 2.46. The fourth-order valence-corrected chi connectivity index (χ4v) is 1.84. The molecule has 0 aromatic heterocycles. The standard InChI is InChI=1S/C14H16BrNO4/c1-3-8-16(9-13(17)18)14(19)10(2)20-12-6-4-11(15)5-7-12/h3-7,10H,1,8-9H2,2H3,(H,17,18). The van der Waals surface area contributed by atoms with Crippen LogP contribution in [0.25, 0.3) is 0 Å². The van der Waals surface area contributed by atoms with Crippen molar-refractivity contribution in [2.45, 2.75) is 13.0 Å². The van der Waals surface area contributed by atoms with Crippen molar-refractivity contribution in [1.82, 2.24) is 4.90 Å². The van der Waals surface area contributed by atoms with E-state index in [9.17, 15) is 9.59 Å². The molecule has 0 heterocycles. The molecule has 1 N–H and O–H groups in total. The monoisotopic (exact) mass is 341 g/mol. The van der Waals surface area contributed by atoms with Crippen LogP contribution in [0.2, 0.25) is 0 Å². The van der Waals surface area contributed by atoms with Gasteiger partial charge in [-0.15, -0.1) is 6.58 Å². The zero-order valence-corrected chi connectivity index (χ0v) is 12.7. The number of hydrogen-bond acceptors (Lipinski definition) is 3. The maximum Gasteiger partial charge on any atom is 0.323 e. The molecule has 5 nitrogen and oxygen atoms in total. The van der Waals surface area contributed by atoms with Crippen LogP contribution >= 0.6 is 15.9 Å². The summed E-state index contributed by atoms with van der Waals surface area (Å²) < 4.78 is 6.41. The Balaban J connectivity index is 2.70. The second-order valence-corrected chi connectivity index (χ2v) is 5.03. The molecule has 6 heteroatoms. The van der Waals surface area contributed by atoms with Crippen LogP contribution in [0.1, 0.15) is 6.92 Å². The van der Waals surface area contributed by atoms with Crippen molar-refractivity contribution in [3.63, 3.8) is 0 Å². The fraction of sp³-hybridized carbons (Fsp3) is 0.286. The number of benzene rings is 1. The molecule has 0 aliphatic heterocycles. The highest BCUT2D eigenvalue weighted by Crippen LogP contribution is 2.17. The second kappa shape index (κ2) is 7.69. The predicted molar refractivity (Wildman–Crippen MR) is 78.6 cm³/mol. The topological polar surface area (TPSA) is 66.8 Å². The zero-order chi connectivity index (χ0) is 15.1. The Morgan fingerprint density at radius 3 is 2.55 bits per heavy atom. The van der Waals surface area contributed by atoms with Crippen molar-refractivity contribution in [1.29, 1.82) is 0 Å². The molecule has 0 bridgehead atoms. The lowest BCUT2D eigenvalue weighted by molar-refractivity contribution is -0.146. The first-order valence-electron chi connectivity index (χ1n) is 5.97. The Labute approximate surface area is 126 Å². The van der Waals surface area contributed by atoms with Crippen molar-refractivity contribution in [2.24, 2.45) is 0 Å². The molecule has 0 saturated carbocycles. The Hall–Kier alpha value is -1.82. The largest absolute Gasteiger partial charge is 0.481 e. The number of carboxylic acids is 1. The van der Waals surface area contributed by atoms with Crippen molar-refractivity contribution >= 4 is 27.8 Å². The minimum atomic E-state index is -1.07. The molecule has 0 saturated heterocycles. The van der Waals surface area contributed by atoms with Gasteiger partial charge in [-0.3, -0.25) is 9.59 Å². The third kappa shape index (κ3) is 5.05. The van der Waals surface area contributed by atoms with Gasteiger partial charge in [-0.2, -0.15) is 0 Å². The molecular weight excluding hydrogens is 326 g/mol. The summed E-state index contributed by atoms with van der Waals surface area (Å²) in [5, 5.41) is 8.79. The summed E-state index contributed by atoms with van der Waals surface area (Å²) in [5.41, 5.74) is 0. The summed E-state index contributed by atoms with van der Waals surface area (Å²) in [6, 6.07) is 7.04. The Morgan fingerprint density at radius 1 is 1.45 bits per heavy atom. The Kier molecular flexibility index (Phi) is 6.24. The SMILES string of the molecule is C=CCN(CC(=O)O)C(=O)C(C)Oc1ccc(Br)cc1. The van der Waals surface area contributed by atoms with Gasteiger partial charge in [0.05, 0.1) is 0 Å². The lowest BCUT2D eigenvalue weighted by Crippen LogP contribution is -2.43. The van der Waals surface area contributed by atoms with Gasteiger partial charge in [0.15, 0.2) is 6.10 Å². The second-order valence-electron chi connectivity index (χ2n) is 4.12. The third-order valence-corrected chi connectivity index (χ3v) is 2.99. The van der Waals surface area contributed by atoms with E-state index < -0.39 is 18.0 Å². The number of carbonyl (C=O) groups is 2. The molecule has 20 heavy (non-hydrogen) atoms. The normalized spacial score (nSPS) is 11.5. The van der Waals surface area contributed by atoms with E-state index in [4.69, 9.17) is 9.84 Å². The maximum absolute atomic E-state index is 12.1. The lowest BCUT2D eigenvalue weighted by Gasteiger charge is -2.23. The molecule has 0 radical (unpaired) electrons. The summed E-state index contributed by atoms with van der Waals surface area (Å²) >= 11 is 3.30. The van der Waals surface area contributed by atoms with Crippen molar-refractivity contribution in [3.8, 4) is 5.75 Å².